The maximum atomic E-state index is 12.3. The molecule has 0 aliphatic carbocycles. The summed E-state index contributed by atoms with van der Waals surface area (Å²) in [6.07, 6.45) is 2.93. The average Bonchev–Trinajstić information content (AvgIpc) is 2.46. The van der Waals surface area contributed by atoms with Gasteiger partial charge in [-0.05, 0) is 69.1 Å². The lowest BCUT2D eigenvalue weighted by molar-refractivity contribution is 0.198. The second kappa shape index (κ2) is 7.77. The third-order valence-corrected chi connectivity index (χ3v) is 5.84. The van der Waals surface area contributed by atoms with Gasteiger partial charge in [-0.25, -0.2) is 13.1 Å². The van der Waals surface area contributed by atoms with E-state index in [1.54, 1.807) is 24.3 Å². The number of nitrogens with zero attached hydrogens (tertiary/aromatic N) is 1. The highest BCUT2D eigenvalue weighted by Crippen LogP contribution is 2.17. The quantitative estimate of drug-likeness (QED) is 0.862. The molecular weight excluding hydrogens is 320 g/mol. The molecule has 124 valence electrons. The summed E-state index contributed by atoms with van der Waals surface area (Å²) in [6, 6.07) is 6.32. The van der Waals surface area contributed by atoms with E-state index >= 15 is 0 Å². The third kappa shape index (κ3) is 5.23. The molecule has 0 spiro atoms. The topological polar surface area (TPSA) is 49.4 Å². The van der Waals surface area contributed by atoms with Gasteiger partial charge in [0.1, 0.15) is 0 Å². The zero-order chi connectivity index (χ0) is 16.2. The lowest BCUT2D eigenvalue weighted by atomic mass is 10.0. The summed E-state index contributed by atoms with van der Waals surface area (Å²) >= 11 is 5.80. The van der Waals surface area contributed by atoms with E-state index in [-0.39, 0.29) is 10.9 Å². The van der Waals surface area contributed by atoms with Crippen molar-refractivity contribution >= 4 is 21.6 Å². The first kappa shape index (κ1) is 17.7. The Morgan fingerprint density at radius 2 is 1.82 bits per heavy atom. The van der Waals surface area contributed by atoms with E-state index in [4.69, 9.17) is 11.6 Å². The van der Waals surface area contributed by atoms with Crippen molar-refractivity contribution in [2.24, 2.45) is 5.92 Å². The molecule has 0 saturated carbocycles. The summed E-state index contributed by atoms with van der Waals surface area (Å²) in [5, 5.41) is 0.539. The number of benzene rings is 1. The fraction of sp³-hybridized carbons (Fsp3) is 0.625. The predicted molar refractivity (Wildman–Crippen MR) is 90.7 cm³/mol. The van der Waals surface area contributed by atoms with Crippen LogP contribution in [0.3, 0.4) is 0 Å². The molecule has 1 fully saturated rings. The number of halogens is 1. The molecule has 0 aromatic heterocycles. The Morgan fingerprint density at radius 1 is 1.23 bits per heavy atom. The first-order valence-electron chi connectivity index (χ1n) is 7.87. The normalized spacial score (nSPS) is 18.0. The minimum Gasteiger partial charge on any atom is -0.303 e. The molecule has 1 heterocycles. The molecule has 2 rings (SSSR count). The van der Waals surface area contributed by atoms with E-state index in [9.17, 15) is 8.42 Å². The highest BCUT2D eigenvalue weighted by Gasteiger charge is 2.24. The Kier molecular flexibility index (Phi) is 6.26. The summed E-state index contributed by atoms with van der Waals surface area (Å²) in [5.74, 6) is 0.709. The monoisotopic (exact) mass is 344 g/mol. The van der Waals surface area contributed by atoms with Gasteiger partial charge in [-0.2, -0.15) is 0 Å². The second-order valence-electron chi connectivity index (χ2n) is 6.37. The first-order valence-corrected chi connectivity index (χ1v) is 9.73. The number of likely N-dealkylation sites (tertiary alicyclic amines) is 1. The summed E-state index contributed by atoms with van der Waals surface area (Å²) in [6.45, 7) is 7.48. The number of hydrogen-bond donors (Lipinski definition) is 1. The molecule has 1 N–H and O–H groups in total. The molecule has 0 radical (unpaired) electrons. The van der Waals surface area contributed by atoms with Crippen LogP contribution >= 0.6 is 11.6 Å². The number of sulfonamides is 1. The smallest absolute Gasteiger partial charge is 0.240 e. The van der Waals surface area contributed by atoms with Crippen LogP contribution in [0, 0.1) is 5.92 Å². The molecule has 0 atom stereocenters. The SMILES string of the molecule is CC(C)CCN1CCC(NS(=O)(=O)c2ccc(Cl)cc2)CC1. The number of nitrogens with one attached hydrogen (secondary N) is 1. The lowest BCUT2D eigenvalue weighted by Crippen LogP contribution is -2.44. The molecule has 1 aliphatic rings. The van der Waals surface area contributed by atoms with Crippen LogP contribution in [0.5, 0.6) is 0 Å². The van der Waals surface area contributed by atoms with Crippen molar-refractivity contribution in [3.8, 4) is 0 Å². The molecule has 4 nitrogen and oxygen atoms in total. The molecule has 1 aromatic carbocycles. The molecule has 0 unspecified atom stereocenters. The maximum absolute atomic E-state index is 12.3. The second-order valence-corrected chi connectivity index (χ2v) is 8.52. The molecule has 6 heteroatoms. The van der Waals surface area contributed by atoms with Gasteiger partial charge in [0.25, 0.3) is 0 Å². The Labute approximate surface area is 138 Å². The number of rotatable bonds is 6. The molecule has 0 amide bonds. The largest absolute Gasteiger partial charge is 0.303 e. The lowest BCUT2D eigenvalue weighted by Gasteiger charge is -2.32. The van der Waals surface area contributed by atoms with Crippen molar-refractivity contribution in [1.82, 2.24) is 9.62 Å². The van der Waals surface area contributed by atoms with E-state index in [1.165, 1.54) is 6.42 Å². The van der Waals surface area contributed by atoms with Crippen LogP contribution in [-0.2, 0) is 10.0 Å². The van der Waals surface area contributed by atoms with Crippen LogP contribution in [0.1, 0.15) is 33.1 Å². The van der Waals surface area contributed by atoms with Gasteiger partial charge in [-0.15, -0.1) is 0 Å². The van der Waals surface area contributed by atoms with Gasteiger partial charge >= 0.3 is 0 Å². The van der Waals surface area contributed by atoms with Crippen molar-refractivity contribution in [2.45, 2.75) is 44.0 Å². The zero-order valence-electron chi connectivity index (χ0n) is 13.3. The van der Waals surface area contributed by atoms with Gasteiger partial charge < -0.3 is 4.90 Å². The van der Waals surface area contributed by atoms with Crippen molar-refractivity contribution in [1.29, 1.82) is 0 Å². The first-order chi connectivity index (χ1) is 10.4. The molecule has 1 aromatic rings. The number of hydrogen-bond acceptors (Lipinski definition) is 3. The average molecular weight is 345 g/mol. The minimum atomic E-state index is -3.45. The summed E-state index contributed by atoms with van der Waals surface area (Å²) in [4.78, 5) is 2.70. The molecular formula is C16H25ClN2O2S. The van der Waals surface area contributed by atoms with Gasteiger partial charge in [0.2, 0.25) is 10.0 Å². The third-order valence-electron chi connectivity index (χ3n) is 4.06. The Bertz CT molecular complexity index is 564. The highest BCUT2D eigenvalue weighted by molar-refractivity contribution is 7.89. The summed E-state index contributed by atoms with van der Waals surface area (Å²) < 4.78 is 27.5. The van der Waals surface area contributed by atoms with Crippen molar-refractivity contribution in [2.75, 3.05) is 19.6 Å². The van der Waals surface area contributed by atoms with Gasteiger partial charge in [-0.1, -0.05) is 25.4 Å². The van der Waals surface area contributed by atoms with E-state index in [2.05, 4.69) is 23.5 Å². The van der Waals surface area contributed by atoms with Gasteiger partial charge in [0.15, 0.2) is 0 Å². The van der Waals surface area contributed by atoms with Crippen LogP contribution in [0.15, 0.2) is 29.2 Å². The van der Waals surface area contributed by atoms with Gasteiger partial charge in [0, 0.05) is 11.1 Å². The van der Waals surface area contributed by atoms with Crippen molar-refractivity contribution in [3.63, 3.8) is 0 Å². The van der Waals surface area contributed by atoms with E-state index in [1.807, 2.05) is 0 Å². The summed E-state index contributed by atoms with van der Waals surface area (Å²) in [5.41, 5.74) is 0. The fourth-order valence-corrected chi connectivity index (χ4v) is 4.05. The van der Waals surface area contributed by atoms with E-state index < -0.39 is 10.0 Å². The van der Waals surface area contributed by atoms with E-state index in [0.29, 0.717) is 10.9 Å². The minimum absolute atomic E-state index is 0.0241. The fourth-order valence-electron chi connectivity index (χ4n) is 2.62. The van der Waals surface area contributed by atoms with Crippen LogP contribution < -0.4 is 4.72 Å². The van der Waals surface area contributed by atoms with Crippen LogP contribution in [-0.4, -0.2) is 39.0 Å². The number of piperidine rings is 1. The summed E-state index contributed by atoms with van der Waals surface area (Å²) in [7, 11) is -3.45. The Hall–Kier alpha value is -0.620. The molecule has 1 saturated heterocycles. The van der Waals surface area contributed by atoms with Crippen LogP contribution in [0.4, 0.5) is 0 Å². The van der Waals surface area contributed by atoms with Crippen molar-refractivity contribution < 1.29 is 8.42 Å². The Balaban J connectivity index is 1.86. The van der Waals surface area contributed by atoms with E-state index in [0.717, 1.165) is 32.5 Å². The maximum Gasteiger partial charge on any atom is 0.240 e. The van der Waals surface area contributed by atoms with Crippen molar-refractivity contribution in [3.05, 3.63) is 29.3 Å². The Morgan fingerprint density at radius 3 is 2.36 bits per heavy atom. The highest BCUT2D eigenvalue weighted by atomic mass is 35.5. The molecule has 1 aliphatic heterocycles. The molecule has 22 heavy (non-hydrogen) atoms. The zero-order valence-corrected chi connectivity index (χ0v) is 14.8. The van der Waals surface area contributed by atoms with Gasteiger partial charge in [0.05, 0.1) is 4.90 Å². The van der Waals surface area contributed by atoms with Crippen LogP contribution in [0.25, 0.3) is 0 Å². The standard InChI is InChI=1S/C16H25ClN2O2S/c1-13(2)7-10-19-11-8-15(9-12-19)18-22(20,21)16-5-3-14(17)4-6-16/h3-6,13,15,18H,7-12H2,1-2H3. The molecule has 0 bridgehead atoms. The van der Waals surface area contributed by atoms with Crippen LogP contribution in [0.2, 0.25) is 5.02 Å². The predicted octanol–water partition coefficient (Wildman–Crippen LogP) is 3.13. The van der Waals surface area contributed by atoms with Gasteiger partial charge in [-0.3, -0.25) is 0 Å².